The van der Waals surface area contributed by atoms with E-state index in [4.69, 9.17) is 9.15 Å². The molecule has 0 aromatic carbocycles. The number of amides is 1. The number of methoxy groups -OCH3 is 1. The zero-order valence-corrected chi connectivity index (χ0v) is 18.7. The van der Waals surface area contributed by atoms with Crippen molar-refractivity contribution >= 4 is 5.91 Å². The van der Waals surface area contributed by atoms with Crippen LogP contribution in [0.25, 0.3) is 0 Å². The summed E-state index contributed by atoms with van der Waals surface area (Å²) in [6.07, 6.45) is 3.93. The Morgan fingerprint density at radius 3 is 2.78 bits per heavy atom. The average Bonchev–Trinajstić information content (AvgIpc) is 3.27. The van der Waals surface area contributed by atoms with Crippen LogP contribution in [0.1, 0.15) is 40.5 Å². The quantitative estimate of drug-likeness (QED) is 0.591. The molecule has 0 N–H and O–H groups in total. The SMILES string of the molecule is COc1cc(=O)n2c(c1C(=O)N(C)C(C)c1ccco1)CCN(Cc1ccccn1)CC2. The number of hydrogen-bond donors (Lipinski definition) is 0. The summed E-state index contributed by atoms with van der Waals surface area (Å²) >= 11 is 0. The van der Waals surface area contributed by atoms with Gasteiger partial charge in [0.25, 0.3) is 11.5 Å². The first kappa shape index (κ1) is 21.8. The van der Waals surface area contributed by atoms with Crippen molar-refractivity contribution in [2.75, 3.05) is 27.2 Å². The van der Waals surface area contributed by atoms with Gasteiger partial charge >= 0.3 is 0 Å². The molecule has 1 aliphatic rings. The largest absolute Gasteiger partial charge is 0.496 e. The third kappa shape index (κ3) is 4.31. The van der Waals surface area contributed by atoms with E-state index >= 15 is 0 Å². The molecule has 8 heteroatoms. The number of carbonyl (C=O) groups is 1. The van der Waals surface area contributed by atoms with Crippen LogP contribution < -0.4 is 10.3 Å². The first-order valence-electron chi connectivity index (χ1n) is 10.7. The van der Waals surface area contributed by atoms with E-state index in [0.717, 1.165) is 5.69 Å². The molecule has 0 aliphatic carbocycles. The van der Waals surface area contributed by atoms with Gasteiger partial charge in [0.15, 0.2) is 0 Å². The Morgan fingerprint density at radius 1 is 1.25 bits per heavy atom. The Morgan fingerprint density at radius 2 is 2.09 bits per heavy atom. The topological polar surface area (TPSA) is 80.8 Å². The summed E-state index contributed by atoms with van der Waals surface area (Å²) in [5.74, 6) is 0.802. The van der Waals surface area contributed by atoms with Crippen LogP contribution in [0.5, 0.6) is 5.75 Å². The standard InChI is InChI=1S/C24H28N4O4/c1-17(20-8-6-14-32-20)26(2)24(30)23-19-9-11-27(16-18-7-4-5-10-25-18)12-13-28(19)22(29)15-21(23)31-3/h4-8,10,14-15,17H,9,11-13,16H2,1-3H3. The average molecular weight is 437 g/mol. The Balaban J connectivity index is 1.65. The van der Waals surface area contributed by atoms with Gasteiger partial charge in [-0.05, 0) is 31.2 Å². The van der Waals surface area contributed by atoms with E-state index in [2.05, 4.69) is 9.88 Å². The maximum atomic E-state index is 13.6. The highest BCUT2D eigenvalue weighted by molar-refractivity contribution is 5.98. The third-order valence-electron chi connectivity index (χ3n) is 6.09. The normalized spacial score (nSPS) is 15.0. The molecule has 8 nitrogen and oxygen atoms in total. The molecule has 1 aliphatic heterocycles. The van der Waals surface area contributed by atoms with Gasteiger partial charge in [0.1, 0.15) is 17.1 Å². The summed E-state index contributed by atoms with van der Waals surface area (Å²) < 4.78 is 12.7. The molecule has 0 radical (unpaired) electrons. The molecule has 0 spiro atoms. The maximum absolute atomic E-state index is 13.6. The molecule has 1 unspecified atom stereocenters. The van der Waals surface area contributed by atoms with Crippen molar-refractivity contribution < 1.29 is 13.9 Å². The molecule has 1 amide bonds. The number of furan rings is 1. The number of rotatable bonds is 6. The smallest absolute Gasteiger partial charge is 0.259 e. The first-order chi connectivity index (χ1) is 15.5. The molecule has 1 atom stereocenters. The fourth-order valence-corrected chi connectivity index (χ4v) is 4.14. The highest BCUT2D eigenvalue weighted by atomic mass is 16.5. The van der Waals surface area contributed by atoms with Gasteiger partial charge < -0.3 is 18.6 Å². The number of aromatic nitrogens is 2. The monoisotopic (exact) mass is 436 g/mol. The van der Waals surface area contributed by atoms with Crippen LogP contribution in [0.15, 0.2) is 58.1 Å². The lowest BCUT2D eigenvalue weighted by Gasteiger charge is -2.26. The van der Waals surface area contributed by atoms with Crippen LogP contribution in [0.2, 0.25) is 0 Å². The summed E-state index contributed by atoms with van der Waals surface area (Å²) in [6.45, 7) is 4.51. The predicted octanol–water partition coefficient (Wildman–Crippen LogP) is 2.74. The van der Waals surface area contributed by atoms with Crippen LogP contribution in [0.3, 0.4) is 0 Å². The molecule has 0 fully saturated rings. The van der Waals surface area contributed by atoms with Crippen LogP contribution in [0, 0.1) is 0 Å². The van der Waals surface area contributed by atoms with Gasteiger partial charge in [0.05, 0.1) is 25.1 Å². The van der Waals surface area contributed by atoms with E-state index in [1.165, 1.54) is 13.2 Å². The number of ether oxygens (including phenoxy) is 1. The molecular weight excluding hydrogens is 408 g/mol. The van der Waals surface area contributed by atoms with E-state index in [-0.39, 0.29) is 17.5 Å². The number of pyridine rings is 2. The van der Waals surface area contributed by atoms with Crippen molar-refractivity contribution in [2.45, 2.75) is 32.5 Å². The zero-order chi connectivity index (χ0) is 22.7. The highest BCUT2D eigenvalue weighted by Gasteiger charge is 2.29. The number of hydrogen-bond acceptors (Lipinski definition) is 6. The molecule has 168 valence electrons. The Hall–Kier alpha value is -3.39. The fourth-order valence-electron chi connectivity index (χ4n) is 4.14. The minimum Gasteiger partial charge on any atom is -0.496 e. The lowest BCUT2D eigenvalue weighted by atomic mass is 10.1. The number of nitrogens with zero attached hydrogens (tertiary/aromatic N) is 4. The molecule has 0 saturated heterocycles. The first-order valence-corrected chi connectivity index (χ1v) is 10.7. The summed E-state index contributed by atoms with van der Waals surface area (Å²) in [5, 5.41) is 0. The summed E-state index contributed by atoms with van der Waals surface area (Å²) in [4.78, 5) is 34.7. The van der Waals surface area contributed by atoms with Gasteiger partial charge in [0, 0.05) is 57.6 Å². The summed E-state index contributed by atoms with van der Waals surface area (Å²) in [6, 6.07) is 10.7. The van der Waals surface area contributed by atoms with Gasteiger partial charge in [-0.1, -0.05) is 6.07 Å². The van der Waals surface area contributed by atoms with E-state index in [1.807, 2.05) is 31.2 Å². The molecule has 4 heterocycles. The molecular formula is C24H28N4O4. The van der Waals surface area contributed by atoms with Gasteiger partial charge in [-0.3, -0.25) is 19.5 Å². The molecule has 3 aromatic heterocycles. The van der Waals surface area contributed by atoms with Crippen LogP contribution >= 0.6 is 0 Å². The fraction of sp³-hybridized carbons (Fsp3) is 0.375. The van der Waals surface area contributed by atoms with Gasteiger partial charge in [0.2, 0.25) is 0 Å². The molecule has 0 bridgehead atoms. The van der Waals surface area contributed by atoms with Gasteiger partial charge in [-0.15, -0.1) is 0 Å². The molecule has 32 heavy (non-hydrogen) atoms. The number of carbonyl (C=O) groups excluding carboxylic acids is 1. The van der Waals surface area contributed by atoms with E-state index < -0.39 is 0 Å². The molecule has 0 saturated carbocycles. The maximum Gasteiger partial charge on any atom is 0.259 e. The Bertz CT molecular complexity index is 1120. The second kappa shape index (κ2) is 9.40. The van der Waals surface area contributed by atoms with Crippen molar-refractivity contribution in [1.82, 2.24) is 19.4 Å². The summed E-state index contributed by atoms with van der Waals surface area (Å²) in [7, 11) is 3.23. The minimum absolute atomic E-state index is 0.158. The van der Waals surface area contributed by atoms with Gasteiger partial charge in [-0.25, -0.2) is 0 Å². The molecule has 3 aromatic rings. The van der Waals surface area contributed by atoms with Gasteiger partial charge in [-0.2, -0.15) is 0 Å². The second-order valence-electron chi connectivity index (χ2n) is 7.98. The third-order valence-corrected chi connectivity index (χ3v) is 6.09. The second-order valence-corrected chi connectivity index (χ2v) is 7.98. The van der Waals surface area contributed by atoms with E-state index in [0.29, 0.717) is 55.4 Å². The van der Waals surface area contributed by atoms with E-state index in [9.17, 15) is 9.59 Å². The molecule has 4 rings (SSSR count). The van der Waals surface area contributed by atoms with Crippen LogP contribution in [-0.2, 0) is 19.5 Å². The highest BCUT2D eigenvalue weighted by Crippen LogP contribution is 2.28. The van der Waals surface area contributed by atoms with Crippen molar-refractivity contribution in [2.24, 2.45) is 0 Å². The predicted molar refractivity (Wildman–Crippen MR) is 120 cm³/mol. The van der Waals surface area contributed by atoms with Crippen LogP contribution in [-0.4, -0.2) is 52.5 Å². The van der Waals surface area contributed by atoms with Crippen molar-refractivity contribution in [1.29, 1.82) is 0 Å². The Kier molecular flexibility index (Phi) is 6.41. The van der Waals surface area contributed by atoms with Crippen molar-refractivity contribution in [3.05, 3.63) is 81.9 Å². The minimum atomic E-state index is -0.263. The van der Waals surface area contributed by atoms with Crippen LogP contribution in [0.4, 0.5) is 0 Å². The zero-order valence-electron chi connectivity index (χ0n) is 18.7. The van der Waals surface area contributed by atoms with Crippen molar-refractivity contribution in [3.63, 3.8) is 0 Å². The summed E-state index contributed by atoms with van der Waals surface area (Å²) in [5.41, 5.74) is 1.97. The van der Waals surface area contributed by atoms with Crippen molar-refractivity contribution in [3.8, 4) is 5.75 Å². The lowest BCUT2D eigenvalue weighted by Crippen LogP contribution is -2.34. The number of fused-ring (bicyclic) bond motifs is 1. The lowest BCUT2D eigenvalue weighted by molar-refractivity contribution is 0.0720. The Labute approximate surface area is 187 Å². The van der Waals surface area contributed by atoms with E-state index in [1.54, 1.807) is 35.0 Å².